The fraction of sp³-hybridized carbons (Fsp3) is 0.500. The Morgan fingerprint density at radius 1 is 1.44 bits per heavy atom. The predicted molar refractivity (Wildman–Crippen MR) is 73.2 cm³/mol. The van der Waals surface area contributed by atoms with Gasteiger partial charge in [0.15, 0.2) is 0 Å². The minimum Gasteiger partial charge on any atom is -0.377 e. The summed E-state index contributed by atoms with van der Waals surface area (Å²) in [7, 11) is 0. The van der Waals surface area contributed by atoms with Gasteiger partial charge in [0, 0.05) is 24.3 Å². The molecule has 0 spiro atoms. The van der Waals surface area contributed by atoms with E-state index in [0.29, 0.717) is 26.2 Å². The summed E-state index contributed by atoms with van der Waals surface area (Å²) in [6, 6.07) is 7.68. The van der Waals surface area contributed by atoms with Crippen LogP contribution in [0.1, 0.15) is 25.8 Å². The molecule has 0 bridgehead atoms. The average Bonchev–Trinajstić information content (AvgIpc) is 2.37. The third-order valence-corrected chi connectivity index (χ3v) is 2.69. The van der Waals surface area contributed by atoms with Gasteiger partial charge in [-0.15, -0.1) is 0 Å². The first-order valence-corrected chi connectivity index (χ1v) is 6.33. The summed E-state index contributed by atoms with van der Waals surface area (Å²) >= 11 is 0. The number of amides is 1. The van der Waals surface area contributed by atoms with Gasteiger partial charge in [-0.3, -0.25) is 4.79 Å². The van der Waals surface area contributed by atoms with Crippen LogP contribution < -0.4 is 11.1 Å². The molecule has 0 aromatic heterocycles. The first-order valence-electron chi connectivity index (χ1n) is 6.33. The van der Waals surface area contributed by atoms with Crippen molar-refractivity contribution in [3.8, 4) is 0 Å². The first-order chi connectivity index (χ1) is 8.67. The van der Waals surface area contributed by atoms with Crippen molar-refractivity contribution in [3.63, 3.8) is 0 Å². The predicted octanol–water partition coefficient (Wildman–Crippen LogP) is 2.15. The van der Waals surface area contributed by atoms with Gasteiger partial charge < -0.3 is 15.8 Å². The molecule has 4 heteroatoms. The van der Waals surface area contributed by atoms with Crippen LogP contribution in [-0.2, 0) is 16.1 Å². The Kier molecular flexibility index (Phi) is 6.39. The molecule has 0 saturated carbocycles. The van der Waals surface area contributed by atoms with E-state index in [0.717, 1.165) is 11.3 Å². The van der Waals surface area contributed by atoms with Crippen LogP contribution in [0.3, 0.4) is 0 Å². The number of benzene rings is 1. The summed E-state index contributed by atoms with van der Waals surface area (Å²) in [5.41, 5.74) is 7.32. The molecule has 0 radical (unpaired) electrons. The van der Waals surface area contributed by atoms with Crippen LogP contribution in [0.2, 0.25) is 0 Å². The summed E-state index contributed by atoms with van der Waals surface area (Å²) in [6.45, 7) is 5.61. The number of nitrogens with one attached hydrogen (secondary N) is 1. The van der Waals surface area contributed by atoms with Gasteiger partial charge in [0.1, 0.15) is 0 Å². The SMILES string of the molecule is CCOCc1ccccc1NC(=O)CC(C)CN. The van der Waals surface area contributed by atoms with Crippen LogP contribution in [0, 0.1) is 5.92 Å². The highest BCUT2D eigenvalue weighted by Gasteiger charge is 2.09. The normalized spacial score (nSPS) is 12.2. The van der Waals surface area contributed by atoms with Gasteiger partial charge in [-0.05, 0) is 25.5 Å². The standard InChI is InChI=1S/C14H22N2O2/c1-3-18-10-12-6-4-5-7-13(12)16-14(17)8-11(2)9-15/h4-7,11H,3,8-10,15H2,1-2H3,(H,16,17). The minimum atomic E-state index is -0.00287. The number of anilines is 1. The molecular weight excluding hydrogens is 228 g/mol. The van der Waals surface area contributed by atoms with E-state index in [1.807, 2.05) is 38.1 Å². The molecule has 0 aliphatic heterocycles. The van der Waals surface area contributed by atoms with Crippen LogP contribution in [0.5, 0.6) is 0 Å². The van der Waals surface area contributed by atoms with Crippen molar-refractivity contribution >= 4 is 11.6 Å². The molecule has 0 fully saturated rings. The quantitative estimate of drug-likeness (QED) is 0.779. The molecule has 1 aromatic carbocycles. The van der Waals surface area contributed by atoms with E-state index in [1.165, 1.54) is 0 Å². The Morgan fingerprint density at radius 3 is 2.83 bits per heavy atom. The van der Waals surface area contributed by atoms with Gasteiger partial charge in [0.25, 0.3) is 0 Å². The number of para-hydroxylation sites is 1. The first kappa shape index (κ1) is 14.7. The van der Waals surface area contributed by atoms with Gasteiger partial charge >= 0.3 is 0 Å². The molecule has 0 heterocycles. The molecule has 1 atom stereocenters. The second kappa shape index (κ2) is 7.84. The van der Waals surface area contributed by atoms with Crippen LogP contribution in [0.15, 0.2) is 24.3 Å². The lowest BCUT2D eigenvalue weighted by molar-refractivity contribution is -0.116. The fourth-order valence-corrected chi connectivity index (χ4v) is 1.58. The van der Waals surface area contributed by atoms with Gasteiger partial charge in [-0.2, -0.15) is 0 Å². The van der Waals surface area contributed by atoms with E-state index in [9.17, 15) is 4.79 Å². The molecular formula is C14H22N2O2. The highest BCUT2D eigenvalue weighted by molar-refractivity contribution is 5.91. The third-order valence-electron chi connectivity index (χ3n) is 2.69. The second-order valence-corrected chi connectivity index (χ2v) is 4.39. The van der Waals surface area contributed by atoms with Gasteiger partial charge in [-0.1, -0.05) is 25.1 Å². The molecule has 1 rings (SSSR count). The van der Waals surface area contributed by atoms with Crippen LogP contribution in [-0.4, -0.2) is 19.1 Å². The van der Waals surface area contributed by atoms with Gasteiger partial charge in [0.2, 0.25) is 5.91 Å². The lowest BCUT2D eigenvalue weighted by atomic mass is 10.1. The summed E-state index contributed by atoms with van der Waals surface area (Å²) in [6.07, 6.45) is 0.444. The Bertz CT molecular complexity index is 380. The topological polar surface area (TPSA) is 64.3 Å². The number of ether oxygens (including phenoxy) is 1. The number of carbonyl (C=O) groups is 1. The Morgan fingerprint density at radius 2 is 2.17 bits per heavy atom. The monoisotopic (exact) mass is 250 g/mol. The van der Waals surface area contributed by atoms with Crippen molar-refractivity contribution in [3.05, 3.63) is 29.8 Å². The fourth-order valence-electron chi connectivity index (χ4n) is 1.58. The zero-order valence-corrected chi connectivity index (χ0v) is 11.1. The Hall–Kier alpha value is -1.39. The highest BCUT2D eigenvalue weighted by atomic mass is 16.5. The lowest BCUT2D eigenvalue weighted by Crippen LogP contribution is -2.20. The zero-order valence-electron chi connectivity index (χ0n) is 11.1. The summed E-state index contributed by atoms with van der Waals surface area (Å²) in [4.78, 5) is 11.8. The number of hydrogen-bond acceptors (Lipinski definition) is 3. The largest absolute Gasteiger partial charge is 0.377 e. The summed E-state index contributed by atoms with van der Waals surface area (Å²) < 4.78 is 5.37. The van der Waals surface area contributed by atoms with E-state index < -0.39 is 0 Å². The van der Waals surface area contributed by atoms with Gasteiger partial charge in [0.05, 0.1) is 6.61 Å². The zero-order chi connectivity index (χ0) is 13.4. The van der Waals surface area contributed by atoms with E-state index in [-0.39, 0.29) is 11.8 Å². The van der Waals surface area contributed by atoms with Crippen LogP contribution in [0.25, 0.3) is 0 Å². The molecule has 100 valence electrons. The Balaban J connectivity index is 2.62. The average molecular weight is 250 g/mol. The number of rotatable bonds is 7. The van der Waals surface area contributed by atoms with E-state index >= 15 is 0 Å². The molecule has 0 aliphatic rings. The van der Waals surface area contributed by atoms with Gasteiger partial charge in [-0.25, -0.2) is 0 Å². The minimum absolute atomic E-state index is 0.00287. The van der Waals surface area contributed by atoms with Crippen molar-refractivity contribution in [2.45, 2.75) is 26.9 Å². The third kappa shape index (κ3) is 4.85. The van der Waals surface area contributed by atoms with E-state index in [1.54, 1.807) is 0 Å². The maximum Gasteiger partial charge on any atom is 0.224 e. The molecule has 1 amide bonds. The van der Waals surface area contributed by atoms with E-state index in [2.05, 4.69) is 5.32 Å². The molecule has 18 heavy (non-hydrogen) atoms. The number of hydrogen-bond donors (Lipinski definition) is 2. The van der Waals surface area contributed by atoms with Crippen LogP contribution >= 0.6 is 0 Å². The lowest BCUT2D eigenvalue weighted by Gasteiger charge is -2.12. The number of nitrogens with two attached hydrogens (primary N) is 1. The van der Waals surface area contributed by atoms with Crippen molar-refractivity contribution in [2.24, 2.45) is 11.7 Å². The summed E-state index contributed by atoms with van der Waals surface area (Å²) in [5.74, 6) is 0.195. The maximum absolute atomic E-state index is 11.8. The van der Waals surface area contributed by atoms with Crippen molar-refractivity contribution in [2.75, 3.05) is 18.5 Å². The van der Waals surface area contributed by atoms with Crippen molar-refractivity contribution < 1.29 is 9.53 Å². The smallest absolute Gasteiger partial charge is 0.224 e. The highest BCUT2D eigenvalue weighted by Crippen LogP contribution is 2.16. The van der Waals surface area contributed by atoms with Crippen molar-refractivity contribution in [1.29, 1.82) is 0 Å². The molecule has 0 saturated heterocycles. The molecule has 0 aliphatic carbocycles. The van der Waals surface area contributed by atoms with Crippen molar-refractivity contribution in [1.82, 2.24) is 0 Å². The number of carbonyl (C=O) groups excluding carboxylic acids is 1. The Labute approximate surface area is 109 Å². The van der Waals surface area contributed by atoms with E-state index in [4.69, 9.17) is 10.5 Å². The maximum atomic E-state index is 11.8. The molecule has 3 N–H and O–H groups in total. The summed E-state index contributed by atoms with van der Waals surface area (Å²) in [5, 5.41) is 2.91. The molecule has 4 nitrogen and oxygen atoms in total. The van der Waals surface area contributed by atoms with Crippen LogP contribution in [0.4, 0.5) is 5.69 Å². The second-order valence-electron chi connectivity index (χ2n) is 4.39. The molecule has 1 unspecified atom stereocenters. The molecule has 1 aromatic rings.